The largest absolute Gasteiger partial charge is 0.462 e. The zero-order chi connectivity index (χ0) is 56.0. The maximum Gasteiger partial charge on any atom is 0.338 e. The van der Waals surface area contributed by atoms with Crippen molar-refractivity contribution in [3.63, 3.8) is 0 Å². The first-order chi connectivity index (χ1) is 38.6. The monoisotopic (exact) mass is 1080 g/mol. The molecule has 428 valence electrons. The number of guanidine groups is 6. The van der Waals surface area contributed by atoms with Crippen LogP contribution in [-0.2, 0) is 14.2 Å². The molecular formula is C63H90N10O6. The number of carbonyl (C=O) groups excluding carboxylic acids is 3. The highest BCUT2D eigenvalue weighted by molar-refractivity contribution is 6.32. The molecule has 0 saturated heterocycles. The summed E-state index contributed by atoms with van der Waals surface area (Å²) in [4.78, 5) is 69.8. The standard InChI is InChI=1S/C63H90N10O6/c1-7-13-19-22-28-46(25-16-10-4)43-77-55(74)49-31-37-52(38-32-49)64-58-67-61-69-59(65-53-39-33-50(34-40-53)56(75)78-44-47(26-17-11-5)29-23-20-14-8-2)71-63-72-60(70-62(68-58)73(61)63)66-54-41-35-51(36-42-54)57(76)79-45-48(27-18-12-6)30-24-21-15-9-3/h31-42,46-48H,7-30,43-45H2,1-6H3,(H3,64,65,66,67,68,69,70,71,72). The van der Waals surface area contributed by atoms with Crippen LogP contribution in [0.4, 0.5) is 17.1 Å². The van der Waals surface area contributed by atoms with Gasteiger partial charge in [-0.25, -0.2) is 19.3 Å². The van der Waals surface area contributed by atoms with E-state index in [0.717, 1.165) is 96.3 Å². The predicted octanol–water partition coefficient (Wildman–Crippen LogP) is 15.6. The third-order valence-corrected chi connectivity index (χ3v) is 14.6. The van der Waals surface area contributed by atoms with Gasteiger partial charge in [0.25, 0.3) is 0 Å². The lowest BCUT2D eigenvalue weighted by molar-refractivity contribution is 0.0414. The van der Waals surface area contributed by atoms with E-state index in [0.29, 0.717) is 71.3 Å². The van der Waals surface area contributed by atoms with Crippen LogP contribution >= 0.6 is 0 Å². The highest BCUT2D eigenvalue weighted by atomic mass is 16.5. The highest BCUT2D eigenvalue weighted by Gasteiger charge is 2.35. The number of nitrogens with one attached hydrogen (secondary N) is 3. The lowest BCUT2D eigenvalue weighted by Crippen LogP contribution is -2.49. The predicted molar refractivity (Wildman–Crippen MR) is 323 cm³/mol. The molecular weight excluding hydrogens is 993 g/mol. The molecule has 3 atom stereocenters. The van der Waals surface area contributed by atoms with Crippen molar-refractivity contribution in [2.75, 3.05) is 35.8 Å². The first kappa shape index (κ1) is 61.5. The highest BCUT2D eigenvalue weighted by Crippen LogP contribution is 2.25. The molecule has 6 rings (SSSR count). The van der Waals surface area contributed by atoms with E-state index in [-0.39, 0.29) is 53.7 Å². The Kier molecular flexibility index (Phi) is 26.7. The Morgan fingerprint density at radius 3 is 0.861 bits per heavy atom. The van der Waals surface area contributed by atoms with Crippen LogP contribution in [0.5, 0.6) is 0 Å². The van der Waals surface area contributed by atoms with Crippen molar-refractivity contribution in [2.24, 2.45) is 47.7 Å². The summed E-state index contributed by atoms with van der Waals surface area (Å²) in [5.74, 6) is 1.19. The third kappa shape index (κ3) is 20.8. The fourth-order valence-electron chi connectivity index (χ4n) is 9.73. The molecule has 0 amide bonds. The number of aliphatic imine (C=N–C) groups is 6. The van der Waals surface area contributed by atoms with Gasteiger partial charge in [0.1, 0.15) is 0 Å². The summed E-state index contributed by atoms with van der Waals surface area (Å²) in [5.41, 5.74) is 3.25. The minimum atomic E-state index is -0.352. The molecule has 3 aromatic rings. The Hall–Kier alpha value is -6.71. The van der Waals surface area contributed by atoms with Gasteiger partial charge >= 0.3 is 17.9 Å². The fourth-order valence-corrected chi connectivity index (χ4v) is 9.73. The Morgan fingerprint density at radius 2 is 0.608 bits per heavy atom. The van der Waals surface area contributed by atoms with Gasteiger partial charge in [0.05, 0.1) is 36.5 Å². The molecule has 3 unspecified atom stereocenters. The van der Waals surface area contributed by atoms with Gasteiger partial charge in [-0.3, -0.25) is 0 Å². The summed E-state index contributed by atoms with van der Waals surface area (Å²) in [5, 5.41) is 9.79. The second-order valence-corrected chi connectivity index (χ2v) is 21.4. The smallest absolute Gasteiger partial charge is 0.338 e. The van der Waals surface area contributed by atoms with E-state index in [1.807, 2.05) is 0 Å². The molecule has 3 N–H and O–H groups in total. The van der Waals surface area contributed by atoms with Gasteiger partial charge in [-0.05, 0) is 129 Å². The third-order valence-electron chi connectivity index (χ3n) is 14.6. The molecule has 0 radical (unpaired) electrons. The molecule has 79 heavy (non-hydrogen) atoms. The van der Waals surface area contributed by atoms with Crippen LogP contribution in [0.25, 0.3) is 0 Å². The van der Waals surface area contributed by atoms with E-state index < -0.39 is 0 Å². The lowest BCUT2D eigenvalue weighted by Gasteiger charge is -2.30. The number of esters is 3. The molecule has 0 bridgehead atoms. The van der Waals surface area contributed by atoms with Gasteiger partial charge in [0.15, 0.2) is 0 Å². The van der Waals surface area contributed by atoms with E-state index in [1.54, 1.807) is 77.7 Å². The summed E-state index contributed by atoms with van der Waals surface area (Å²) in [7, 11) is 0. The number of hydrogen-bond acceptors (Lipinski definition) is 16. The number of nitrogens with zero attached hydrogens (tertiary/aromatic N) is 7. The van der Waals surface area contributed by atoms with Crippen molar-refractivity contribution in [1.29, 1.82) is 0 Å². The van der Waals surface area contributed by atoms with Crippen molar-refractivity contribution >= 4 is 70.7 Å². The van der Waals surface area contributed by atoms with Gasteiger partial charge in [0.2, 0.25) is 35.8 Å². The van der Waals surface area contributed by atoms with E-state index in [1.165, 1.54) is 57.8 Å². The normalized spacial score (nSPS) is 14.7. The van der Waals surface area contributed by atoms with Crippen LogP contribution in [0.3, 0.4) is 0 Å². The number of unbranched alkanes of at least 4 members (excludes halogenated alkanes) is 12. The molecule has 0 spiro atoms. The first-order valence-corrected chi connectivity index (χ1v) is 30.1. The summed E-state index contributed by atoms with van der Waals surface area (Å²) >= 11 is 0. The molecule has 3 heterocycles. The molecule has 16 nitrogen and oxygen atoms in total. The van der Waals surface area contributed by atoms with Crippen molar-refractivity contribution in [1.82, 2.24) is 4.90 Å². The second kappa shape index (κ2) is 34.3. The molecule has 0 aromatic heterocycles. The van der Waals surface area contributed by atoms with Crippen LogP contribution in [-0.4, -0.2) is 78.4 Å². The van der Waals surface area contributed by atoms with E-state index in [9.17, 15) is 14.4 Å². The molecule has 3 aliphatic heterocycles. The SMILES string of the molecule is CCCCCCC(CCCC)COC(=O)c1ccc(NC2=NC3=NC(Nc4ccc(C(=O)OCC(CCCC)CCCCCC)cc4)=NC4=NC(Nc5ccc(C(=O)OCC(CCCC)CCCCCC)cc5)=NC(=N2)N34)cc1. The Balaban J connectivity index is 1.17. The number of carbonyl (C=O) groups is 3. The van der Waals surface area contributed by atoms with Crippen LogP contribution in [0.1, 0.15) is 227 Å². The fraction of sp³-hybridized carbons (Fsp3) is 0.571. The number of hydrogen-bond donors (Lipinski definition) is 3. The maximum absolute atomic E-state index is 13.2. The van der Waals surface area contributed by atoms with Crippen LogP contribution in [0.15, 0.2) is 103 Å². The first-order valence-electron chi connectivity index (χ1n) is 30.1. The van der Waals surface area contributed by atoms with E-state index in [2.05, 4.69) is 57.5 Å². The van der Waals surface area contributed by atoms with Gasteiger partial charge in [0, 0.05) is 17.1 Å². The van der Waals surface area contributed by atoms with Gasteiger partial charge in [-0.2, -0.15) is 30.0 Å². The van der Waals surface area contributed by atoms with Crippen LogP contribution in [0.2, 0.25) is 0 Å². The van der Waals surface area contributed by atoms with Crippen LogP contribution < -0.4 is 16.0 Å². The zero-order valence-electron chi connectivity index (χ0n) is 48.3. The summed E-state index contributed by atoms with van der Waals surface area (Å²) in [6.45, 7) is 14.5. The molecule has 0 aliphatic carbocycles. The van der Waals surface area contributed by atoms with Gasteiger partial charge in [-0.1, -0.05) is 157 Å². The van der Waals surface area contributed by atoms with Gasteiger partial charge in [-0.15, -0.1) is 0 Å². The van der Waals surface area contributed by atoms with E-state index >= 15 is 0 Å². The topological polar surface area (TPSA) is 192 Å². The zero-order valence-corrected chi connectivity index (χ0v) is 48.3. The van der Waals surface area contributed by atoms with Crippen molar-refractivity contribution in [3.8, 4) is 0 Å². The molecule has 0 saturated carbocycles. The average Bonchev–Trinajstić information content (AvgIpc) is 3.58. The number of anilines is 3. The quantitative estimate of drug-likeness (QED) is 0.0287. The lowest BCUT2D eigenvalue weighted by atomic mass is 9.96. The Bertz CT molecular complexity index is 2280. The summed E-state index contributed by atoms with van der Waals surface area (Å²) in [6, 6.07) is 21.0. The number of rotatable bonds is 36. The summed E-state index contributed by atoms with van der Waals surface area (Å²) in [6.07, 6.45) is 27.4. The molecule has 3 aromatic carbocycles. The van der Waals surface area contributed by atoms with Crippen LogP contribution in [0, 0.1) is 17.8 Å². The minimum absolute atomic E-state index is 0.189. The van der Waals surface area contributed by atoms with Crippen molar-refractivity contribution in [3.05, 3.63) is 89.5 Å². The molecule has 3 aliphatic rings. The minimum Gasteiger partial charge on any atom is -0.462 e. The van der Waals surface area contributed by atoms with Crippen molar-refractivity contribution < 1.29 is 28.6 Å². The number of ether oxygens (including phenoxy) is 3. The summed E-state index contributed by atoms with van der Waals surface area (Å²) < 4.78 is 17.5. The van der Waals surface area contributed by atoms with E-state index in [4.69, 9.17) is 44.2 Å². The second-order valence-electron chi connectivity index (χ2n) is 21.4. The average molecular weight is 1080 g/mol. The van der Waals surface area contributed by atoms with Gasteiger partial charge < -0.3 is 30.2 Å². The Labute approximate surface area is 471 Å². The van der Waals surface area contributed by atoms with Crippen molar-refractivity contribution in [2.45, 2.75) is 196 Å². The molecule has 0 fully saturated rings. The number of benzene rings is 3. The maximum atomic E-state index is 13.2. The Morgan fingerprint density at radius 1 is 0.354 bits per heavy atom. The molecule has 16 heteroatoms.